The van der Waals surface area contributed by atoms with Crippen molar-refractivity contribution in [2.75, 3.05) is 59.0 Å². The molecule has 0 aromatic heterocycles. The largest absolute Gasteiger partial charge is 0.380 e. The molecular formula is C20H31N3O2. The smallest absolute Gasteiger partial charge is 0.253 e. The zero-order chi connectivity index (χ0) is 17.5. The van der Waals surface area contributed by atoms with Crippen molar-refractivity contribution in [1.29, 1.82) is 0 Å². The van der Waals surface area contributed by atoms with Crippen LogP contribution in [0.25, 0.3) is 0 Å². The predicted octanol–water partition coefficient (Wildman–Crippen LogP) is 2.08. The topological polar surface area (TPSA) is 36.0 Å². The molecule has 0 spiro atoms. The van der Waals surface area contributed by atoms with Crippen molar-refractivity contribution in [3.05, 3.63) is 35.4 Å². The van der Waals surface area contributed by atoms with Gasteiger partial charge < -0.3 is 9.64 Å². The molecule has 0 unspecified atom stereocenters. The molecule has 5 nitrogen and oxygen atoms in total. The van der Waals surface area contributed by atoms with E-state index in [-0.39, 0.29) is 5.91 Å². The fourth-order valence-corrected chi connectivity index (χ4v) is 3.62. The lowest BCUT2D eigenvalue weighted by atomic mass is 10.1. The Kier molecular flexibility index (Phi) is 6.84. The van der Waals surface area contributed by atoms with Crippen LogP contribution in [0.2, 0.25) is 0 Å². The van der Waals surface area contributed by atoms with E-state index >= 15 is 0 Å². The molecule has 138 valence electrons. The molecule has 0 bridgehead atoms. The van der Waals surface area contributed by atoms with Crippen molar-refractivity contribution in [1.82, 2.24) is 14.7 Å². The molecule has 2 heterocycles. The van der Waals surface area contributed by atoms with Crippen molar-refractivity contribution in [2.45, 2.75) is 26.3 Å². The Hall–Kier alpha value is -1.43. The summed E-state index contributed by atoms with van der Waals surface area (Å²) in [5, 5.41) is 0. The molecule has 2 aliphatic rings. The zero-order valence-corrected chi connectivity index (χ0v) is 15.5. The number of piperazine rings is 1. The van der Waals surface area contributed by atoms with Crippen LogP contribution < -0.4 is 0 Å². The number of hydrogen-bond acceptors (Lipinski definition) is 4. The standard InChI is InChI=1S/C20H31N3O2/c1-2-25-16-15-21-11-13-22(14-12-21)17-18-5-7-19(8-6-18)20(24)23-9-3-4-10-23/h5-8H,2-4,9-17H2,1H3. The molecule has 2 fully saturated rings. The van der Waals surface area contributed by atoms with Crippen LogP contribution in [0.15, 0.2) is 24.3 Å². The van der Waals surface area contributed by atoms with Gasteiger partial charge in [-0.15, -0.1) is 0 Å². The Morgan fingerprint density at radius 3 is 2.24 bits per heavy atom. The van der Waals surface area contributed by atoms with Gasteiger partial charge in [0.05, 0.1) is 6.61 Å². The highest BCUT2D eigenvalue weighted by Crippen LogP contribution is 2.15. The third kappa shape index (κ3) is 5.27. The lowest BCUT2D eigenvalue weighted by molar-refractivity contribution is 0.0783. The summed E-state index contributed by atoms with van der Waals surface area (Å²) < 4.78 is 5.44. The van der Waals surface area contributed by atoms with Crippen molar-refractivity contribution in [3.8, 4) is 0 Å². The fourth-order valence-electron chi connectivity index (χ4n) is 3.62. The summed E-state index contributed by atoms with van der Waals surface area (Å²) in [6.45, 7) is 11.9. The van der Waals surface area contributed by atoms with E-state index in [0.717, 1.165) is 84.0 Å². The fraction of sp³-hybridized carbons (Fsp3) is 0.650. The zero-order valence-electron chi connectivity index (χ0n) is 15.5. The summed E-state index contributed by atoms with van der Waals surface area (Å²) in [6, 6.07) is 8.22. The Morgan fingerprint density at radius 2 is 1.60 bits per heavy atom. The predicted molar refractivity (Wildman–Crippen MR) is 99.8 cm³/mol. The number of ether oxygens (including phenoxy) is 1. The van der Waals surface area contributed by atoms with Gasteiger partial charge in [-0.1, -0.05) is 12.1 Å². The van der Waals surface area contributed by atoms with E-state index in [4.69, 9.17) is 4.74 Å². The molecule has 25 heavy (non-hydrogen) atoms. The minimum atomic E-state index is 0.187. The summed E-state index contributed by atoms with van der Waals surface area (Å²) in [7, 11) is 0. The monoisotopic (exact) mass is 345 g/mol. The van der Waals surface area contributed by atoms with E-state index in [2.05, 4.69) is 21.9 Å². The molecule has 0 saturated carbocycles. The number of nitrogens with zero attached hydrogens (tertiary/aromatic N) is 3. The summed E-state index contributed by atoms with van der Waals surface area (Å²) in [5.41, 5.74) is 2.12. The first-order valence-electron chi connectivity index (χ1n) is 9.67. The van der Waals surface area contributed by atoms with Crippen molar-refractivity contribution in [2.24, 2.45) is 0 Å². The molecule has 1 aromatic rings. The van der Waals surface area contributed by atoms with Crippen LogP contribution in [0.1, 0.15) is 35.7 Å². The first-order chi connectivity index (χ1) is 12.3. The summed E-state index contributed by atoms with van der Waals surface area (Å²) in [4.78, 5) is 19.3. The van der Waals surface area contributed by atoms with E-state index < -0.39 is 0 Å². The molecular weight excluding hydrogens is 314 g/mol. The average Bonchev–Trinajstić information content (AvgIpc) is 3.18. The second-order valence-corrected chi connectivity index (χ2v) is 7.01. The average molecular weight is 345 g/mol. The van der Waals surface area contributed by atoms with Crippen molar-refractivity contribution in [3.63, 3.8) is 0 Å². The third-order valence-corrected chi connectivity index (χ3v) is 5.22. The molecule has 5 heteroatoms. The van der Waals surface area contributed by atoms with Crippen LogP contribution >= 0.6 is 0 Å². The summed E-state index contributed by atoms with van der Waals surface area (Å²) >= 11 is 0. The molecule has 0 N–H and O–H groups in total. The normalized spacial score (nSPS) is 19.5. The molecule has 0 radical (unpaired) electrons. The number of hydrogen-bond donors (Lipinski definition) is 0. The second-order valence-electron chi connectivity index (χ2n) is 7.01. The van der Waals surface area contributed by atoms with Gasteiger partial charge in [0.25, 0.3) is 5.91 Å². The van der Waals surface area contributed by atoms with E-state index in [0.29, 0.717) is 0 Å². The maximum Gasteiger partial charge on any atom is 0.253 e. The molecule has 2 aliphatic heterocycles. The number of amides is 1. The Labute approximate surface area is 151 Å². The van der Waals surface area contributed by atoms with Gasteiger partial charge in [-0.25, -0.2) is 0 Å². The van der Waals surface area contributed by atoms with Crippen LogP contribution in [-0.4, -0.2) is 79.6 Å². The maximum atomic E-state index is 12.4. The molecule has 2 saturated heterocycles. The molecule has 0 aliphatic carbocycles. The number of rotatable bonds is 7. The van der Waals surface area contributed by atoms with Crippen LogP contribution in [0.5, 0.6) is 0 Å². The third-order valence-electron chi connectivity index (χ3n) is 5.22. The maximum absolute atomic E-state index is 12.4. The van der Waals surface area contributed by atoms with E-state index in [1.165, 1.54) is 5.56 Å². The highest BCUT2D eigenvalue weighted by Gasteiger charge is 2.20. The molecule has 1 aromatic carbocycles. The molecule has 0 atom stereocenters. The quantitative estimate of drug-likeness (QED) is 0.709. The van der Waals surface area contributed by atoms with Gasteiger partial charge in [0.15, 0.2) is 0 Å². The van der Waals surface area contributed by atoms with Gasteiger partial charge in [0, 0.05) is 64.5 Å². The summed E-state index contributed by atoms with van der Waals surface area (Å²) in [5.74, 6) is 0.187. The number of benzene rings is 1. The molecule has 1 amide bonds. The van der Waals surface area contributed by atoms with Crippen LogP contribution in [0.4, 0.5) is 0 Å². The van der Waals surface area contributed by atoms with Crippen molar-refractivity contribution < 1.29 is 9.53 Å². The highest BCUT2D eigenvalue weighted by molar-refractivity contribution is 5.94. The van der Waals surface area contributed by atoms with Gasteiger partial charge in [0.2, 0.25) is 0 Å². The van der Waals surface area contributed by atoms with Crippen molar-refractivity contribution >= 4 is 5.91 Å². The van der Waals surface area contributed by atoms with E-state index in [1.54, 1.807) is 0 Å². The van der Waals surface area contributed by atoms with Gasteiger partial charge in [-0.05, 0) is 37.5 Å². The minimum absolute atomic E-state index is 0.187. The Bertz CT molecular complexity index is 532. The number of likely N-dealkylation sites (tertiary alicyclic amines) is 1. The first-order valence-corrected chi connectivity index (χ1v) is 9.67. The lowest BCUT2D eigenvalue weighted by Crippen LogP contribution is -2.46. The second kappa shape index (κ2) is 9.32. The SMILES string of the molecule is CCOCCN1CCN(Cc2ccc(C(=O)N3CCCC3)cc2)CC1. The van der Waals surface area contributed by atoms with Gasteiger partial charge in [0.1, 0.15) is 0 Å². The number of carbonyl (C=O) groups is 1. The van der Waals surface area contributed by atoms with Crippen LogP contribution in [-0.2, 0) is 11.3 Å². The van der Waals surface area contributed by atoms with E-state index in [1.807, 2.05) is 24.0 Å². The van der Waals surface area contributed by atoms with E-state index in [9.17, 15) is 4.79 Å². The van der Waals surface area contributed by atoms with Crippen LogP contribution in [0.3, 0.4) is 0 Å². The first kappa shape index (κ1) is 18.4. The number of carbonyl (C=O) groups excluding carboxylic acids is 1. The van der Waals surface area contributed by atoms with Gasteiger partial charge in [-0.2, -0.15) is 0 Å². The lowest BCUT2D eigenvalue weighted by Gasteiger charge is -2.34. The van der Waals surface area contributed by atoms with Crippen LogP contribution in [0, 0.1) is 0 Å². The minimum Gasteiger partial charge on any atom is -0.380 e. The summed E-state index contributed by atoms with van der Waals surface area (Å²) in [6.07, 6.45) is 2.28. The highest BCUT2D eigenvalue weighted by atomic mass is 16.5. The Morgan fingerprint density at radius 1 is 0.960 bits per heavy atom. The molecule has 3 rings (SSSR count). The van der Waals surface area contributed by atoms with Gasteiger partial charge >= 0.3 is 0 Å². The Balaban J connectivity index is 1.43. The van der Waals surface area contributed by atoms with Gasteiger partial charge in [-0.3, -0.25) is 14.6 Å².